The van der Waals surface area contributed by atoms with E-state index in [9.17, 15) is 4.79 Å². The monoisotopic (exact) mass is 288 g/mol. The van der Waals surface area contributed by atoms with Crippen LogP contribution in [0.1, 0.15) is 10.4 Å². The Balaban J connectivity index is 1.88. The minimum atomic E-state index is -0.375. The van der Waals surface area contributed by atoms with Gasteiger partial charge < -0.3 is 9.88 Å². The number of anilines is 1. The quantitative estimate of drug-likeness (QED) is 0.804. The normalized spacial score (nSPS) is 10.4. The van der Waals surface area contributed by atoms with Gasteiger partial charge in [0.25, 0.3) is 5.91 Å². The molecule has 0 radical (unpaired) electrons. The van der Waals surface area contributed by atoms with E-state index >= 15 is 0 Å². The van der Waals surface area contributed by atoms with Gasteiger partial charge in [-0.15, -0.1) is 0 Å². The maximum absolute atomic E-state index is 12.1. The fourth-order valence-corrected chi connectivity index (χ4v) is 1.95. The standard InChI is InChI=1S/C13H9ClN4O2/c14-10-6-2-1-5-9(10)13(19)15-11-12(17-20-16-11)18-7-3-4-8-18/h1-8H,(H,15,16,19). The summed E-state index contributed by atoms with van der Waals surface area (Å²) in [5, 5.41) is 10.4. The Kier molecular flexibility index (Phi) is 3.22. The van der Waals surface area contributed by atoms with Crippen LogP contribution in [0.2, 0.25) is 5.02 Å². The van der Waals surface area contributed by atoms with Gasteiger partial charge in [0, 0.05) is 12.4 Å². The van der Waals surface area contributed by atoms with Gasteiger partial charge >= 0.3 is 0 Å². The number of hydrogen-bond donors (Lipinski definition) is 1. The number of nitrogens with one attached hydrogen (secondary N) is 1. The van der Waals surface area contributed by atoms with Crippen molar-refractivity contribution >= 4 is 23.3 Å². The summed E-state index contributed by atoms with van der Waals surface area (Å²) in [7, 11) is 0. The molecule has 20 heavy (non-hydrogen) atoms. The van der Waals surface area contributed by atoms with Crippen molar-refractivity contribution in [1.29, 1.82) is 0 Å². The average Bonchev–Trinajstić information content (AvgIpc) is 3.09. The van der Waals surface area contributed by atoms with E-state index in [0.29, 0.717) is 16.4 Å². The van der Waals surface area contributed by atoms with Crippen molar-refractivity contribution in [1.82, 2.24) is 14.9 Å². The SMILES string of the molecule is O=C(Nc1nonc1-n1cccc1)c1ccccc1Cl. The third-order valence-corrected chi connectivity index (χ3v) is 3.00. The lowest BCUT2D eigenvalue weighted by Crippen LogP contribution is -2.14. The molecule has 1 amide bonds. The van der Waals surface area contributed by atoms with Gasteiger partial charge in [-0.05, 0) is 34.6 Å². The third-order valence-electron chi connectivity index (χ3n) is 2.67. The highest BCUT2D eigenvalue weighted by molar-refractivity contribution is 6.34. The zero-order valence-electron chi connectivity index (χ0n) is 10.2. The zero-order chi connectivity index (χ0) is 13.9. The van der Waals surface area contributed by atoms with Crippen molar-refractivity contribution < 1.29 is 9.42 Å². The van der Waals surface area contributed by atoms with E-state index < -0.39 is 0 Å². The van der Waals surface area contributed by atoms with Gasteiger partial charge in [0.15, 0.2) is 0 Å². The molecule has 1 aromatic carbocycles. The Morgan fingerprint density at radius 2 is 1.90 bits per heavy atom. The Morgan fingerprint density at radius 1 is 1.15 bits per heavy atom. The van der Waals surface area contributed by atoms with Crippen molar-refractivity contribution in [2.75, 3.05) is 5.32 Å². The van der Waals surface area contributed by atoms with Gasteiger partial charge in [-0.1, -0.05) is 23.7 Å². The van der Waals surface area contributed by atoms with Crippen LogP contribution in [-0.4, -0.2) is 20.8 Å². The summed E-state index contributed by atoms with van der Waals surface area (Å²) in [5.74, 6) is 0.251. The Morgan fingerprint density at radius 3 is 2.65 bits per heavy atom. The molecule has 0 saturated heterocycles. The van der Waals surface area contributed by atoms with E-state index in [-0.39, 0.29) is 11.7 Å². The van der Waals surface area contributed by atoms with Crippen molar-refractivity contribution in [3.63, 3.8) is 0 Å². The number of carbonyl (C=O) groups is 1. The number of nitrogens with zero attached hydrogens (tertiary/aromatic N) is 3. The fourth-order valence-electron chi connectivity index (χ4n) is 1.73. The minimum Gasteiger partial charge on any atom is -0.303 e. The summed E-state index contributed by atoms with van der Waals surface area (Å²) in [6.07, 6.45) is 3.54. The average molecular weight is 289 g/mol. The van der Waals surface area contributed by atoms with Crippen LogP contribution in [0.15, 0.2) is 53.4 Å². The molecule has 0 bridgehead atoms. The van der Waals surface area contributed by atoms with Crippen LogP contribution in [0.5, 0.6) is 0 Å². The van der Waals surface area contributed by atoms with Gasteiger partial charge in [0.2, 0.25) is 11.6 Å². The second-order valence-corrected chi connectivity index (χ2v) is 4.37. The van der Waals surface area contributed by atoms with Crippen LogP contribution in [0.4, 0.5) is 5.82 Å². The second kappa shape index (κ2) is 5.18. The highest BCUT2D eigenvalue weighted by Gasteiger charge is 2.16. The number of aromatic nitrogens is 3. The number of benzene rings is 1. The van der Waals surface area contributed by atoms with E-state index in [4.69, 9.17) is 11.6 Å². The smallest absolute Gasteiger partial charge is 0.258 e. The zero-order valence-corrected chi connectivity index (χ0v) is 10.9. The highest BCUT2D eigenvalue weighted by atomic mass is 35.5. The molecule has 0 saturated carbocycles. The molecule has 2 aromatic heterocycles. The molecule has 0 aliphatic heterocycles. The second-order valence-electron chi connectivity index (χ2n) is 3.96. The predicted octanol–water partition coefficient (Wildman–Crippen LogP) is 2.77. The van der Waals surface area contributed by atoms with Crippen molar-refractivity contribution in [2.24, 2.45) is 0 Å². The summed E-state index contributed by atoms with van der Waals surface area (Å²) >= 11 is 5.97. The van der Waals surface area contributed by atoms with Gasteiger partial charge in [0.1, 0.15) is 0 Å². The van der Waals surface area contributed by atoms with Gasteiger partial charge in [-0.3, -0.25) is 4.79 Å². The summed E-state index contributed by atoms with van der Waals surface area (Å²) in [5.41, 5.74) is 0.357. The maximum atomic E-state index is 12.1. The summed E-state index contributed by atoms with van der Waals surface area (Å²) in [4.78, 5) is 12.1. The lowest BCUT2D eigenvalue weighted by Gasteiger charge is -2.04. The third kappa shape index (κ3) is 2.28. The van der Waals surface area contributed by atoms with E-state index in [1.54, 1.807) is 41.2 Å². The predicted molar refractivity (Wildman–Crippen MR) is 73.0 cm³/mol. The molecule has 0 spiro atoms. The van der Waals surface area contributed by atoms with Crippen LogP contribution < -0.4 is 5.32 Å². The number of carbonyl (C=O) groups excluding carboxylic acids is 1. The van der Waals surface area contributed by atoms with Crippen molar-refractivity contribution in [3.05, 3.63) is 59.4 Å². The number of rotatable bonds is 3. The number of hydrogen-bond acceptors (Lipinski definition) is 4. The van der Waals surface area contributed by atoms with E-state index in [2.05, 4.69) is 20.3 Å². The molecule has 100 valence electrons. The molecule has 6 nitrogen and oxygen atoms in total. The summed E-state index contributed by atoms with van der Waals surface area (Å²) in [6, 6.07) is 10.4. The molecular weight excluding hydrogens is 280 g/mol. The Labute approximate surface area is 118 Å². The molecule has 0 unspecified atom stereocenters. The molecule has 0 fully saturated rings. The van der Waals surface area contributed by atoms with Crippen LogP contribution in [0, 0.1) is 0 Å². The first kappa shape index (κ1) is 12.4. The Bertz CT molecular complexity index is 736. The number of halogens is 1. The van der Waals surface area contributed by atoms with Gasteiger partial charge in [-0.2, -0.15) is 0 Å². The van der Waals surface area contributed by atoms with Crippen LogP contribution in [-0.2, 0) is 0 Å². The summed E-state index contributed by atoms with van der Waals surface area (Å²) < 4.78 is 6.35. The van der Waals surface area contributed by atoms with E-state index in [1.807, 2.05) is 12.1 Å². The molecule has 3 aromatic rings. The molecular formula is C13H9ClN4O2. The first-order chi connectivity index (χ1) is 9.75. The van der Waals surface area contributed by atoms with Crippen molar-refractivity contribution in [2.45, 2.75) is 0 Å². The minimum absolute atomic E-state index is 0.228. The molecule has 2 heterocycles. The van der Waals surface area contributed by atoms with Gasteiger partial charge in [0.05, 0.1) is 10.6 Å². The van der Waals surface area contributed by atoms with E-state index in [0.717, 1.165) is 0 Å². The number of amides is 1. The van der Waals surface area contributed by atoms with Crippen LogP contribution >= 0.6 is 11.6 Å². The largest absolute Gasteiger partial charge is 0.303 e. The van der Waals surface area contributed by atoms with E-state index in [1.165, 1.54) is 0 Å². The first-order valence-electron chi connectivity index (χ1n) is 5.77. The molecule has 3 rings (SSSR count). The van der Waals surface area contributed by atoms with Crippen LogP contribution in [0.3, 0.4) is 0 Å². The van der Waals surface area contributed by atoms with Crippen LogP contribution in [0.25, 0.3) is 5.82 Å². The van der Waals surface area contributed by atoms with Gasteiger partial charge in [-0.25, -0.2) is 4.63 Å². The molecule has 1 N–H and O–H groups in total. The van der Waals surface area contributed by atoms with Crippen molar-refractivity contribution in [3.8, 4) is 5.82 Å². The maximum Gasteiger partial charge on any atom is 0.258 e. The topological polar surface area (TPSA) is 73.0 Å². The molecule has 0 atom stereocenters. The lowest BCUT2D eigenvalue weighted by molar-refractivity contribution is 0.102. The molecule has 0 aliphatic carbocycles. The first-order valence-corrected chi connectivity index (χ1v) is 6.15. The highest BCUT2D eigenvalue weighted by Crippen LogP contribution is 2.19. The fraction of sp³-hybridized carbons (Fsp3) is 0. The summed E-state index contributed by atoms with van der Waals surface area (Å²) in [6.45, 7) is 0. The lowest BCUT2D eigenvalue weighted by atomic mass is 10.2. The molecule has 7 heteroatoms. The Hall–Kier alpha value is -2.60. The molecule has 0 aliphatic rings.